The van der Waals surface area contributed by atoms with Gasteiger partial charge in [0.15, 0.2) is 11.6 Å². The van der Waals surface area contributed by atoms with E-state index in [-0.39, 0.29) is 23.4 Å². The molecular weight excluding hydrogens is 281 g/mol. The minimum absolute atomic E-state index is 0.0381. The van der Waals surface area contributed by atoms with Crippen LogP contribution in [-0.2, 0) is 4.79 Å². The number of anilines is 1. The molecule has 0 aromatic heterocycles. The maximum atomic E-state index is 13.9. The summed E-state index contributed by atoms with van der Waals surface area (Å²) in [5.41, 5.74) is -0.510. The SMILES string of the molecule is COc1cc(NC(C)C(=O)NC(C)C)c(F)cc1[N+](=O)[O-]. The fourth-order valence-corrected chi connectivity index (χ4v) is 1.67. The van der Waals surface area contributed by atoms with Crippen LogP contribution in [0.25, 0.3) is 0 Å². The number of rotatable bonds is 6. The number of amides is 1. The highest BCUT2D eigenvalue weighted by Gasteiger charge is 2.21. The number of benzene rings is 1. The highest BCUT2D eigenvalue weighted by atomic mass is 19.1. The molecule has 1 rings (SSSR count). The largest absolute Gasteiger partial charge is 0.490 e. The molecule has 0 spiro atoms. The van der Waals surface area contributed by atoms with Gasteiger partial charge in [-0.25, -0.2) is 4.39 Å². The number of nitrogens with zero attached hydrogens (tertiary/aromatic N) is 1. The first-order chi connectivity index (χ1) is 9.76. The molecular formula is C13H18FN3O4. The van der Waals surface area contributed by atoms with E-state index in [0.717, 1.165) is 12.1 Å². The average Bonchev–Trinajstić information content (AvgIpc) is 2.39. The van der Waals surface area contributed by atoms with E-state index in [4.69, 9.17) is 4.74 Å². The van der Waals surface area contributed by atoms with Crippen molar-refractivity contribution < 1.29 is 18.8 Å². The molecule has 0 aliphatic carbocycles. The third-order valence-electron chi connectivity index (χ3n) is 2.66. The summed E-state index contributed by atoms with van der Waals surface area (Å²) in [4.78, 5) is 21.8. The van der Waals surface area contributed by atoms with Gasteiger partial charge in [-0.1, -0.05) is 0 Å². The van der Waals surface area contributed by atoms with Gasteiger partial charge in [0.25, 0.3) is 0 Å². The van der Waals surface area contributed by atoms with Crippen molar-refractivity contribution in [3.8, 4) is 5.75 Å². The van der Waals surface area contributed by atoms with E-state index in [1.54, 1.807) is 20.8 Å². The lowest BCUT2D eigenvalue weighted by molar-refractivity contribution is -0.385. The molecule has 0 radical (unpaired) electrons. The molecule has 21 heavy (non-hydrogen) atoms. The molecule has 0 aliphatic rings. The maximum Gasteiger partial charge on any atom is 0.313 e. The van der Waals surface area contributed by atoms with Crippen LogP contribution in [0.15, 0.2) is 12.1 Å². The van der Waals surface area contributed by atoms with Crippen molar-refractivity contribution in [2.24, 2.45) is 0 Å². The van der Waals surface area contributed by atoms with E-state index >= 15 is 0 Å². The number of carbonyl (C=O) groups excluding carboxylic acids is 1. The summed E-state index contributed by atoms with van der Waals surface area (Å²) >= 11 is 0. The average molecular weight is 299 g/mol. The Balaban J connectivity index is 2.98. The summed E-state index contributed by atoms with van der Waals surface area (Å²) in [5, 5.41) is 16.1. The number of hydrogen-bond donors (Lipinski definition) is 2. The van der Waals surface area contributed by atoms with E-state index in [0.29, 0.717) is 0 Å². The summed E-state index contributed by atoms with van der Waals surface area (Å²) < 4.78 is 18.7. The van der Waals surface area contributed by atoms with Crippen LogP contribution in [0.2, 0.25) is 0 Å². The van der Waals surface area contributed by atoms with Gasteiger partial charge in [0.1, 0.15) is 6.04 Å². The van der Waals surface area contributed by atoms with Crippen LogP contribution in [-0.4, -0.2) is 30.0 Å². The lowest BCUT2D eigenvalue weighted by atomic mass is 10.2. The van der Waals surface area contributed by atoms with Crippen LogP contribution in [0.3, 0.4) is 0 Å². The van der Waals surface area contributed by atoms with Crippen LogP contribution >= 0.6 is 0 Å². The third kappa shape index (κ3) is 4.30. The zero-order valence-electron chi connectivity index (χ0n) is 12.3. The number of nitro benzene ring substituents is 1. The normalized spacial score (nSPS) is 11.9. The second-order valence-corrected chi connectivity index (χ2v) is 4.79. The topological polar surface area (TPSA) is 93.5 Å². The van der Waals surface area contributed by atoms with Crippen molar-refractivity contribution >= 4 is 17.3 Å². The van der Waals surface area contributed by atoms with Gasteiger partial charge in [0, 0.05) is 12.1 Å². The van der Waals surface area contributed by atoms with E-state index in [1.807, 2.05) is 0 Å². The number of hydrogen-bond acceptors (Lipinski definition) is 5. The van der Waals surface area contributed by atoms with Crippen LogP contribution in [0.1, 0.15) is 20.8 Å². The number of nitrogens with one attached hydrogen (secondary N) is 2. The predicted molar refractivity (Wildman–Crippen MR) is 76.0 cm³/mol. The standard InChI is InChI=1S/C13H18FN3O4/c1-7(2)15-13(18)8(3)16-10-6-12(21-4)11(17(19)20)5-9(10)14/h5-8,16H,1-4H3,(H,15,18). The first-order valence-electron chi connectivity index (χ1n) is 6.35. The molecule has 0 saturated heterocycles. The monoisotopic (exact) mass is 299 g/mol. The molecule has 116 valence electrons. The molecule has 0 fully saturated rings. The Kier molecular flexibility index (Phi) is 5.45. The van der Waals surface area contributed by atoms with Gasteiger partial charge in [-0.15, -0.1) is 0 Å². The summed E-state index contributed by atoms with van der Waals surface area (Å²) in [6, 6.07) is 1.17. The smallest absolute Gasteiger partial charge is 0.313 e. The van der Waals surface area contributed by atoms with E-state index < -0.39 is 22.5 Å². The van der Waals surface area contributed by atoms with Crippen molar-refractivity contribution in [2.75, 3.05) is 12.4 Å². The molecule has 1 aromatic carbocycles. The second-order valence-electron chi connectivity index (χ2n) is 4.79. The maximum absolute atomic E-state index is 13.9. The Labute approximate surface area is 121 Å². The van der Waals surface area contributed by atoms with Crippen LogP contribution in [0.5, 0.6) is 5.75 Å². The predicted octanol–water partition coefficient (Wildman–Crippen LogP) is 2.07. The van der Waals surface area contributed by atoms with Gasteiger partial charge in [-0.2, -0.15) is 0 Å². The molecule has 0 bridgehead atoms. The molecule has 1 aromatic rings. The first-order valence-corrected chi connectivity index (χ1v) is 6.35. The quantitative estimate of drug-likeness (QED) is 0.619. The highest BCUT2D eigenvalue weighted by molar-refractivity contribution is 5.84. The molecule has 1 amide bonds. The molecule has 0 saturated carbocycles. The Morgan fingerprint density at radius 3 is 2.48 bits per heavy atom. The van der Waals surface area contributed by atoms with Crippen molar-refractivity contribution in [3.63, 3.8) is 0 Å². The fraction of sp³-hybridized carbons (Fsp3) is 0.462. The Morgan fingerprint density at radius 2 is 2.00 bits per heavy atom. The molecule has 1 atom stereocenters. The van der Waals surface area contributed by atoms with Gasteiger partial charge in [0.2, 0.25) is 5.91 Å². The zero-order chi connectivity index (χ0) is 16.2. The number of nitro groups is 1. The lowest BCUT2D eigenvalue weighted by Gasteiger charge is -2.17. The Bertz CT molecular complexity index is 548. The molecule has 0 heterocycles. The molecule has 7 nitrogen and oxygen atoms in total. The van der Waals surface area contributed by atoms with Gasteiger partial charge in [-0.05, 0) is 20.8 Å². The fourth-order valence-electron chi connectivity index (χ4n) is 1.67. The Hall–Kier alpha value is -2.38. The second kappa shape index (κ2) is 6.87. The molecule has 2 N–H and O–H groups in total. The van der Waals surface area contributed by atoms with Crippen molar-refractivity contribution in [1.82, 2.24) is 5.32 Å². The van der Waals surface area contributed by atoms with Crippen LogP contribution < -0.4 is 15.4 Å². The number of halogens is 1. The van der Waals surface area contributed by atoms with Gasteiger partial charge < -0.3 is 15.4 Å². The molecule has 0 aliphatic heterocycles. The molecule has 8 heteroatoms. The van der Waals surface area contributed by atoms with Crippen molar-refractivity contribution in [3.05, 3.63) is 28.1 Å². The summed E-state index contributed by atoms with van der Waals surface area (Å²) in [7, 11) is 1.25. The third-order valence-corrected chi connectivity index (χ3v) is 2.66. The summed E-state index contributed by atoms with van der Waals surface area (Å²) in [6.07, 6.45) is 0. The molecule has 1 unspecified atom stereocenters. The Morgan fingerprint density at radius 1 is 1.38 bits per heavy atom. The van der Waals surface area contributed by atoms with Crippen molar-refractivity contribution in [2.45, 2.75) is 32.9 Å². The zero-order valence-corrected chi connectivity index (χ0v) is 12.3. The van der Waals surface area contributed by atoms with Gasteiger partial charge >= 0.3 is 5.69 Å². The minimum Gasteiger partial charge on any atom is -0.490 e. The van der Waals surface area contributed by atoms with E-state index in [9.17, 15) is 19.3 Å². The number of methoxy groups -OCH3 is 1. The highest BCUT2D eigenvalue weighted by Crippen LogP contribution is 2.32. The number of carbonyl (C=O) groups is 1. The van der Waals surface area contributed by atoms with Crippen LogP contribution in [0, 0.1) is 15.9 Å². The van der Waals surface area contributed by atoms with Gasteiger partial charge in [-0.3, -0.25) is 14.9 Å². The van der Waals surface area contributed by atoms with E-state index in [1.165, 1.54) is 7.11 Å². The summed E-state index contributed by atoms with van der Waals surface area (Å²) in [5.74, 6) is -1.21. The van der Waals surface area contributed by atoms with Crippen molar-refractivity contribution in [1.29, 1.82) is 0 Å². The first kappa shape index (κ1) is 16.7. The van der Waals surface area contributed by atoms with Gasteiger partial charge in [0.05, 0.1) is 23.8 Å². The number of ether oxygens (including phenoxy) is 1. The van der Waals surface area contributed by atoms with Crippen LogP contribution in [0.4, 0.5) is 15.8 Å². The van der Waals surface area contributed by atoms with E-state index in [2.05, 4.69) is 10.6 Å². The minimum atomic E-state index is -0.827. The summed E-state index contributed by atoms with van der Waals surface area (Å²) in [6.45, 7) is 5.17. The lowest BCUT2D eigenvalue weighted by Crippen LogP contribution is -2.41.